The van der Waals surface area contributed by atoms with Crippen LogP contribution < -0.4 is 5.56 Å². The first-order chi connectivity index (χ1) is 11.5. The Morgan fingerprint density at radius 1 is 1.04 bits per heavy atom. The topological polar surface area (TPSA) is 117 Å². The standard InChI is InChI=1S/C15H10BrN5O3/c16-10-4-2-5-11(8-10)17-19-14-13(18-20-15(14)22)9-3-1-6-12(7-9)21(23)24/h1-8H,(H2,18,20,22). The number of rotatable bonds is 4. The molecule has 0 aliphatic carbocycles. The van der Waals surface area contributed by atoms with Crippen LogP contribution in [0.15, 0.2) is 68.0 Å². The third-order valence-electron chi connectivity index (χ3n) is 3.17. The van der Waals surface area contributed by atoms with Crippen molar-refractivity contribution in [1.82, 2.24) is 10.2 Å². The molecular formula is C15H10BrN5O3. The van der Waals surface area contributed by atoms with Crippen LogP contribution in [0.4, 0.5) is 17.1 Å². The molecule has 0 bridgehead atoms. The molecule has 1 heterocycles. The van der Waals surface area contributed by atoms with E-state index < -0.39 is 10.5 Å². The van der Waals surface area contributed by atoms with E-state index >= 15 is 0 Å². The summed E-state index contributed by atoms with van der Waals surface area (Å²) in [6.45, 7) is 0. The van der Waals surface area contributed by atoms with Crippen molar-refractivity contribution in [2.45, 2.75) is 0 Å². The molecule has 0 unspecified atom stereocenters. The summed E-state index contributed by atoms with van der Waals surface area (Å²) in [5.41, 5.74) is 0.873. The van der Waals surface area contributed by atoms with Gasteiger partial charge in [0.25, 0.3) is 11.2 Å². The third kappa shape index (κ3) is 3.30. The maximum absolute atomic E-state index is 11.9. The summed E-state index contributed by atoms with van der Waals surface area (Å²) in [6, 6.07) is 13.0. The molecule has 2 N–H and O–H groups in total. The van der Waals surface area contributed by atoms with E-state index in [1.54, 1.807) is 24.3 Å². The van der Waals surface area contributed by atoms with E-state index in [-0.39, 0.29) is 11.4 Å². The van der Waals surface area contributed by atoms with Crippen LogP contribution in [0.25, 0.3) is 11.3 Å². The minimum absolute atomic E-state index is 0.0514. The molecule has 24 heavy (non-hydrogen) atoms. The number of nitrogens with zero attached hydrogens (tertiary/aromatic N) is 3. The molecule has 0 saturated carbocycles. The molecule has 2 aromatic carbocycles. The molecule has 0 aliphatic heterocycles. The predicted molar refractivity (Wildman–Crippen MR) is 91.8 cm³/mol. The Balaban J connectivity index is 2.02. The van der Waals surface area contributed by atoms with Gasteiger partial charge in [-0.15, -0.1) is 5.11 Å². The first-order valence-corrected chi connectivity index (χ1v) is 7.56. The van der Waals surface area contributed by atoms with Crippen molar-refractivity contribution in [2.24, 2.45) is 10.2 Å². The number of non-ortho nitro benzene ring substituents is 1. The second-order valence-corrected chi connectivity index (χ2v) is 5.71. The van der Waals surface area contributed by atoms with E-state index in [2.05, 4.69) is 36.4 Å². The number of nitro groups is 1. The van der Waals surface area contributed by atoms with Crippen molar-refractivity contribution in [3.63, 3.8) is 0 Å². The monoisotopic (exact) mass is 387 g/mol. The van der Waals surface area contributed by atoms with Crippen LogP contribution in [0.1, 0.15) is 0 Å². The SMILES string of the molecule is O=c1[nH][nH]c(-c2cccc([N+](=O)[O-])c2)c1N=Nc1cccc(Br)c1. The molecule has 0 spiro atoms. The Hall–Kier alpha value is -3.07. The molecule has 120 valence electrons. The number of hydrogen-bond acceptors (Lipinski definition) is 5. The van der Waals surface area contributed by atoms with Gasteiger partial charge in [0, 0.05) is 22.2 Å². The fourth-order valence-corrected chi connectivity index (χ4v) is 2.46. The fourth-order valence-electron chi connectivity index (χ4n) is 2.08. The minimum atomic E-state index is -0.503. The lowest BCUT2D eigenvalue weighted by molar-refractivity contribution is -0.384. The highest BCUT2D eigenvalue weighted by Crippen LogP contribution is 2.29. The highest BCUT2D eigenvalue weighted by molar-refractivity contribution is 9.10. The summed E-state index contributed by atoms with van der Waals surface area (Å²) >= 11 is 3.33. The van der Waals surface area contributed by atoms with Crippen LogP contribution in [0.3, 0.4) is 0 Å². The quantitative estimate of drug-likeness (QED) is 0.390. The Morgan fingerprint density at radius 2 is 1.83 bits per heavy atom. The second kappa shape index (κ2) is 6.59. The van der Waals surface area contributed by atoms with Gasteiger partial charge in [0.15, 0.2) is 5.69 Å². The number of aromatic amines is 2. The van der Waals surface area contributed by atoms with Crippen molar-refractivity contribution in [1.29, 1.82) is 0 Å². The number of hydrogen-bond donors (Lipinski definition) is 2. The fraction of sp³-hybridized carbons (Fsp3) is 0. The Morgan fingerprint density at radius 3 is 2.58 bits per heavy atom. The van der Waals surface area contributed by atoms with Crippen LogP contribution in [0, 0.1) is 10.1 Å². The van der Waals surface area contributed by atoms with Crippen LogP contribution in [-0.2, 0) is 0 Å². The van der Waals surface area contributed by atoms with E-state index in [4.69, 9.17) is 0 Å². The summed E-state index contributed by atoms with van der Waals surface area (Å²) < 4.78 is 0.834. The Kier molecular flexibility index (Phi) is 4.34. The van der Waals surface area contributed by atoms with Gasteiger partial charge in [-0.05, 0) is 18.2 Å². The highest BCUT2D eigenvalue weighted by atomic mass is 79.9. The van der Waals surface area contributed by atoms with Crippen LogP contribution in [0.5, 0.6) is 0 Å². The summed E-state index contributed by atoms with van der Waals surface area (Å²) in [6.07, 6.45) is 0. The minimum Gasteiger partial charge on any atom is -0.295 e. The molecule has 0 amide bonds. The molecule has 0 fully saturated rings. The summed E-state index contributed by atoms with van der Waals surface area (Å²) in [5.74, 6) is 0. The van der Waals surface area contributed by atoms with E-state index in [0.29, 0.717) is 16.9 Å². The molecule has 3 rings (SSSR count). The molecule has 0 atom stereocenters. The maximum atomic E-state index is 11.9. The van der Waals surface area contributed by atoms with Crippen molar-refractivity contribution in [2.75, 3.05) is 0 Å². The number of nitrogens with one attached hydrogen (secondary N) is 2. The molecule has 9 heteroatoms. The lowest BCUT2D eigenvalue weighted by Crippen LogP contribution is -1.96. The molecule has 8 nitrogen and oxygen atoms in total. The van der Waals surface area contributed by atoms with E-state index in [1.807, 2.05) is 6.07 Å². The number of azo groups is 1. The Bertz CT molecular complexity index is 993. The number of H-pyrrole nitrogens is 2. The van der Waals surface area contributed by atoms with Gasteiger partial charge in [-0.2, -0.15) is 5.11 Å². The van der Waals surface area contributed by atoms with E-state index in [0.717, 1.165) is 4.47 Å². The van der Waals surface area contributed by atoms with Crippen molar-refractivity contribution in [3.8, 4) is 11.3 Å². The highest BCUT2D eigenvalue weighted by Gasteiger charge is 2.14. The lowest BCUT2D eigenvalue weighted by Gasteiger charge is -1.99. The van der Waals surface area contributed by atoms with E-state index in [9.17, 15) is 14.9 Å². The summed E-state index contributed by atoms with van der Waals surface area (Å²) in [5, 5.41) is 24.0. The van der Waals surface area contributed by atoms with Gasteiger partial charge in [-0.1, -0.05) is 34.1 Å². The number of benzene rings is 2. The van der Waals surface area contributed by atoms with Gasteiger partial charge in [-0.25, -0.2) is 0 Å². The zero-order valence-corrected chi connectivity index (χ0v) is 13.6. The van der Waals surface area contributed by atoms with Gasteiger partial charge in [-0.3, -0.25) is 25.1 Å². The molecule has 3 aromatic rings. The average Bonchev–Trinajstić information content (AvgIpc) is 2.94. The van der Waals surface area contributed by atoms with Crippen molar-refractivity contribution < 1.29 is 4.92 Å². The van der Waals surface area contributed by atoms with Crippen LogP contribution in [0.2, 0.25) is 0 Å². The normalized spacial score (nSPS) is 11.0. The molecule has 0 radical (unpaired) electrons. The number of aromatic nitrogens is 2. The number of nitro benzene ring substituents is 1. The number of halogens is 1. The maximum Gasteiger partial charge on any atom is 0.292 e. The lowest BCUT2D eigenvalue weighted by atomic mass is 10.1. The molecule has 0 aliphatic rings. The van der Waals surface area contributed by atoms with Crippen LogP contribution >= 0.6 is 15.9 Å². The van der Waals surface area contributed by atoms with Gasteiger partial charge >= 0.3 is 0 Å². The first-order valence-electron chi connectivity index (χ1n) is 6.77. The van der Waals surface area contributed by atoms with Gasteiger partial charge in [0.2, 0.25) is 0 Å². The van der Waals surface area contributed by atoms with Gasteiger partial charge in [0.05, 0.1) is 16.3 Å². The van der Waals surface area contributed by atoms with Crippen molar-refractivity contribution >= 4 is 33.0 Å². The summed E-state index contributed by atoms with van der Waals surface area (Å²) in [7, 11) is 0. The summed E-state index contributed by atoms with van der Waals surface area (Å²) in [4.78, 5) is 22.3. The third-order valence-corrected chi connectivity index (χ3v) is 3.67. The zero-order chi connectivity index (χ0) is 17.1. The molecule has 0 saturated heterocycles. The first kappa shape index (κ1) is 15.8. The Labute approximate surface area is 143 Å². The van der Waals surface area contributed by atoms with Gasteiger partial charge < -0.3 is 0 Å². The smallest absolute Gasteiger partial charge is 0.292 e. The van der Waals surface area contributed by atoms with Gasteiger partial charge in [0.1, 0.15) is 0 Å². The van der Waals surface area contributed by atoms with E-state index in [1.165, 1.54) is 18.2 Å². The second-order valence-electron chi connectivity index (χ2n) is 4.79. The van der Waals surface area contributed by atoms with Crippen molar-refractivity contribution in [3.05, 3.63) is 73.5 Å². The average molecular weight is 388 g/mol. The molecular weight excluding hydrogens is 378 g/mol. The molecule has 1 aromatic heterocycles. The zero-order valence-electron chi connectivity index (χ0n) is 12.1. The predicted octanol–water partition coefficient (Wildman–Crippen LogP) is 4.46. The van der Waals surface area contributed by atoms with Crippen LogP contribution in [-0.4, -0.2) is 15.1 Å². The largest absolute Gasteiger partial charge is 0.295 e.